The molecule has 1 aromatic carbocycles. The van der Waals surface area contributed by atoms with Gasteiger partial charge in [0.25, 0.3) is 0 Å². The molecule has 1 aliphatic rings. The van der Waals surface area contributed by atoms with E-state index in [1.807, 2.05) is 24.3 Å². The zero-order valence-electron chi connectivity index (χ0n) is 13.8. The number of anilines is 1. The molecule has 0 bridgehead atoms. The van der Waals surface area contributed by atoms with Gasteiger partial charge in [0.1, 0.15) is 5.75 Å². The second kappa shape index (κ2) is 7.13. The molecule has 128 valence electrons. The van der Waals surface area contributed by atoms with Crippen molar-refractivity contribution >= 4 is 11.7 Å². The number of benzene rings is 1. The van der Waals surface area contributed by atoms with Gasteiger partial charge in [-0.3, -0.25) is 4.79 Å². The van der Waals surface area contributed by atoms with Crippen LogP contribution in [0.25, 0.3) is 5.69 Å². The largest absolute Gasteiger partial charge is 0.497 e. The monoisotopic (exact) mass is 338 g/mol. The summed E-state index contributed by atoms with van der Waals surface area (Å²) in [5.41, 5.74) is 0.332. The molecule has 25 heavy (non-hydrogen) atoms. The summed E-state index contributed by atoms with van der Waals surface area (Å²) in [5, 5.41) is 18.7. The van der Waals surface area contributed by atoms with Crippen LogP contribution < -0.4 is 10.1 Å². The van der Waals surface area contributed by atoms with Crippen molar-refractivity contribution in [2.24, 2.45) is 10.2 Å². The number of hydrogen-bond acceptors (Lipinski definition) is 6. The van der Waals surface area contributed by atoms with Crippen molar-refractivity contribution in [1.82, 2.24) is 15.0 Å². The van der Waals surface area contributed by atoms with Crippen molar-refractivity contribution in [2.75, 3.05) is 12.4 Å². The average Bonchev–Trinajstić information content (AvgIpc) is 3.27. The number of carbonyl (C=O) groups excluding carboxylic acids is 1. The van der Waals surface area contributed by atoms with Gasteiger partial charge in [0.2, 0.25) is 5.91 Å². The SMILES string of the molecule is C#CCCC1(CCC(=O)Nc2cn(-c3cccc(OC)c3)nn2)N=N1. The first-order valence-electron chi connectivity index (χ1n) is 7.88. The van der Waals surface area contributed by atoms with Crippen LogP contribution in [-0.4, -0.2) is 33.7 Å². The molecule has 1 aromatic heterocycles. The topological polar surface area (TPSA) is 93.8 Å². The zero-order valence-corrected chi connectivity index (χ0v) is 13.8. The molecule has 0 unspecified atom stereocenters. The molecule has 3 rings (SSSR count). The van der Waals surface area contributed by atoms with Gasteiger partial charge in [-0.2, -0.15) is 10.2 Å². The van der Waals surface area contributed by atoms with Crippen molar-refractivity contribution < 1.29 is 9.53 Å². The molecule has 0 aliphatic carbocycles. The minimum Gasteiger partial charge on any atom is -0.497 e. The number of amides is 1. The van der Waals surface area contributed by atoms with Gasteiger partial charge in [0.15, 0.2) is 11.5 Å². The zero-order chi connectivity index (χ0) is 17.7. The highest BCUT2D eigenvalue weighted by atomic mass is 16.5. The number of nitrogens with zero attached hydrogens (tertiary/aromatic N) is 5. The fourth-order valence-corrected chi connectivity index (χ4v) is 2.39. The molecule has 1 aliphatic heterocycles. The lowest BCUT2D eigenvalue weighted by atomic mass is 10.0. The Morgan fingerprint density at radius 1 is 1.40 bits per heavy atom. The Morgan fingerprint density at radius 3 is 2.96 bits per heavy atom. The Morgan fingerprint density at radius 2 is 2.24 bits per heavy atom. The lowest BCUT2D eigenvalue weighted by Crippen LogP contribution is -2.17. The second-order valence-corrected chi connectivity index (χ2v) is 5.68. The number of rotatable bonds is 8. The van der Waals surface area contributed by atoms with Crippen molar-refractivity contribution in [3.63, 3.8) is 0 Å². The van der Waals surface area contributed by atoms with Crippen LogP contribution in [0.15, 0.2) is 40.7 Å². The maximum atomic E-state index is 12.1. The highest BCUT2D eigenvalue weighted by molar-refractivity contribution is 5.89. The highest BCUT2D eigenvalue weighted by Crippen LogP contribution is 2.37. The van der Waals surface area contributed by atoms with Gasteiger partial charge >= 0.3 is 0 Å². The summed E-state index contributed by atoms with van der Waals surface area (Å²) in [6, 6.07) is 7.39. The number of nitrogens with one attached hydrogen (secondary N) is 1. The van der Waals surface area contributed by atoms with Crippen molar-refractivity contribution in [1.29, 1.82) is 0 Å². The second-order valence-electron chi connectivity index (χ2n) is 5.68. The summed E-state index contributed by atoms with van der Waals surface area (Å²) in [4.78, 5) is 12.1. The van der Waals surface area contributed by atoms with E-state index in [0.29, 0.717) is 37.3 Å². The molecule has 0 fully saturated rings. The molecule has 0 saturated heterocycles. The third-order valence-corrected chi connectivity index (χ3v) is 3.88. The van der Waals surface area contributed by atoms with Crippen molar-refractivity contribution in [3.8, 4) is 23.8 Å². The molecule has 0 spiro atoms. The lowest BCUT2D eigenvalue weighted by Gasteiger charge is -2.07. The van der Waals surface area contributed by atoms with Gasteiger partial charge in [0, 0.05) is 31.7 Å². The summed E-state index contributed by atoms with van der Waals surface area (Å²) >= 11 is 0. The molecule has 8 heteroatoms. The van der Waals surface area contributed by atoms with Crippen LogP contribution in [0.5, 0.6) is 5.75 Å². The highest BCUT2D eigenvalue weighted by Gasteiger charge is 2.39. The first kappa shape index (κ1) is 16.6. The Kier molecular flexibility index (Phi) is 4.75. The van der Waals surface area contributed by atoms with E-state index in [1.54, 1.807) is 18.0 Å². The molecule has 0 saturated carbocycles. The predicted molar refractivity (Wildman–Crippen MR) is 91.4 cm³/mol. The third-order valence-electron chi connectivity index (χ3n) is 3.88. The maximum Gasteiger partial charge on any atom is 0.225 e. The third kappa shape index (κ3) is 4.20. The molecule has 1 amide bonds. The van der Waals surface area contributed by atoms with E-state index in [0.717, 1.165) is 5.69 Å². The van der Waals surface area contributed by atoms with Crippen LogP contribution in [0.2, 0.25) is 0 Å². The molecule has 8 nitrogen and oxygen atoms in total. The molecule has 2 heterocycles. The smallest absolute Gasteiger partial charge is 0.225 e. The quantitative estimate of drug-likeness (QED) is 0.749. The van der Waals surface area contributed by atoms with Gasteiger partial charge in [-0.25, -0.2) is 4.68 Å². The summed E-state index contributed by atoms with van der Waals surface area (Å²) in [6.07, 6.45) is 9.02. The van der Waals surface area contributed by atoms with Gasteiger partial charge < -0.3 is 10.1 Å². The summed E-state index contributed by atoms with van der Waals surface area (Å²) in [7, 11) is 1.60. The number of ether oxygens (including phenoxy) is 1. The molecule has 0 atom stereocenters. The van der Waals surface area contributed by atoms with Crippen molar-refractivity contribution in [3.05, 3.63) is 30.5 Å². The minimum absolute atomic E-state index is 0.157. The average molecular weight is 338 g/mol. The van der Waals surface area contributed by atoms with E-state index < -0.39 is 5.66 Å². The molecular formula is C17H18N6O2. The summed E-state index contributed by atoms with van der Waals surface area (Å²) in [5.74, 6) is 3.51. The Labute approximate surface area is 145 Å². The fraction of sp³-hybridized carbons (Fsp3) is 0.353. The molecule has 1 N–H and O–H groups in total. The Bertz CT molecular complexity index is 830. The maximum absolute atomic E-state index is 12.1. The number of hydrogen-bond donors (Lipinski definition) is 1. The van der Waals surface area contributed by atoms with E-state index in [4.69, 9.17) is 11.2 Å². The minimum atomic E-state index is -0.456. The Balaban J connectivity index is 1.54. The van der Waals surface area contributed by atoms with Crippen molar-refractivity contribution in [2.45, 2.75) is 31.3 Å². The Hall–Kier alpha value is -3.21. The molecule has 0 radical (unpaired) electrons. The lowest BCUT2D eigenvalue weighted by molar-refractivity contribution is -0.116. The normalized spacial score (nSPS) is 13.9. The van der Waals surface area contributed by atoms with Gasteiger partial charge in [-0.05, 0) is 12.1 Å². The molecular weight excluding hydrogens is 320 g/mol. The van der Waals surface area contributed by atoms with Crippen LogP contribution >= 0.6 is 0 Å². The van der Waals surface area contributed by atoms with E-state index in [9.17, 15) is 4.79 Å². The summed E-state index contributed by atoms with van der Waals surface area (Å²) < 4.78 is 6.75. The number of methoxy groups -OCH3 is 1. The predicted octanol–water partition coefficient (Wildman–Crippen LogP) is 2.57. The van der Waals surface area contributed by atoms with Crippen LogP contribution in [0.1, 0.15) is 25.7 Å². The first-order chi connectivity index (χ1) is 12.1. The summed E-state index contributed by atoms with van der Waals surface area (Å²) in [6.45, 7) is 0. The van der Waals surface area contributed by atoms with Crippen LogP contribution in [0, 0.1) is 12.3 Å². The van der Waals surface area contributed by atoms with E-state index in [2.05, 4.69) is 31.8 Å². The number of terminal acetylenes is 1. The van der Waals surface area contributed by atoms with Gasteiger partial charge in [-0.1, -0.05) is 11.3 Å². The fourth-order valence-electron chi connectivity index (χ4n) is 2.39. The number of carbonyl (C=O) groups is 1. The van der Waals surface area contributed by atoms with E-state index >= 15 is 0 Å². The van der Waals surface area contributed by atoms with E-state index in [1.165, 1.54) is 0 Å². The number of aromatic nitrogens is 3. The van der Waals surface area contributed by atoms with E-state index in [-0.39, 0.29) is 5.91 Å². The standard InChI is InChI=1S/C17H18N6O2/c1-3-4-9-17(20-21-17)10-8-16(24)18-15-12-23(22-19-15)13-6-5-7-14(11-13)25-2/h1,5-7,11-12H,4,8-10H2,2H3,(H,18,24). The van der Waals surface area contributed by atoms with Crippen LogP contribution in [-0.2, 0) is 4.79 Å². The van der Waals surface area contributed by atoms with Gasteiger partial charge in [-0.15, -0.1) is 17.4 Å². The van der Waals surface area contributed by atoms with Crippen LogP contribution in [0.3, 0.4) is 0 Å². The molecule has 2 aromatic rings. The first-order valence-corrected chi connectivity index (χ1v) is 7.88. The van der Waals surface area contributed by atoms with Crippen LogP contribution in [0.4, 0.5) is 5.82 Å². The van der Waals surface area contributed by atoms with Gasteiger partial charge in [0.05, 0.1) is 19.0 Å².